The molecule has 37 heavy (non-hydrogen) atoms. The first-order chi connectivity index (χ1) is 17.6. The summed E-state index contributed by atoms with van der Waals surface area (Å²) >= 11 is 18.0. The van der Waals surface area contributed by atoms with E-state index in [1.165, 1.54) is 24.3 Å². The monoisotopic (exact) mass is 557 g/mol. The van der Waals surface area contributed by atoms with E-state index in [1.807, 2.05) is 6.92 Å². The highest BCUT2D eigenvalue weighted by Crippen LogP contribution is 2.29. The first kappa shape index (κ1) is 26.2. The summed E-state index contributed by atoms with van der Waals surface area (Å²) in [5.41, 5.74) is 1.84. The van der Waals surface area contributed by atoms with Crippen LogP contribution in [0.5, 0.6) is 5.75 Å². The summed E-state index contributed by atoms with van der Waals surface area (Å²) in [7, 11) is 0. The van der Waals surface area contributed by atoms with E-state index in [2.05, 4.69) is 10.6 Å². The van der Waals surface area contributed by atoms with Gasteiger partial charge < -0.3 is 10.1 Å². The van der Waals surface area contributed by atoms with Crippen LogP contribution in [-0.2, 0) is 14.4 Å². The van der Waals surface area contributed by atoms with Gasteiger partial charge in [0.05, 0.1) is 15.7 Å². The van der Waals surface area contributed by atoms with Gasteiger partial charge in [-0.25, -0.2) is 9.69 Å². The third-order valence-electron chi connectivity index (χ3n) is 5.28. The summed E-state index contributed by atoms with van der Waals surface area (Å²) in [6.45, 7) is 1.62. The molecule has 0 atom stereocenters. The Morgan fingerprint density at radius 3 is 2.35 bits per heavy atom. The third kappa shape index (κ3) is 6.11. The van der Waals surface area contributed by atoms with Crippen molar-refractivity contribution in [1.29, 1.82) is 0 Å². The summed E-state index contributed by atoms with van der Waals surface area (Å²) in [5.74, 6) is -1.63. The number of barbiturate groups is 1. The van der Waals surface area contributed by atoms with Crippen LogP contribution in [0.1, 0.15) is 11.1 Å². The van der Waals surface area contributed by atoms with Gasteiger partial charge in [0.1, 0.15) is 11.3 Å². The van der Waals surface area contributed by atoms with Gasteiger partial charge in [-0.15, -0.1) is 0 Å². The number of anilines is 2. The summed E-state index contributed by atoms with van der Waals surface area (Å²) in [4.78, 5) is 50.7. The van der Waals surface area contributed by atoms with E-state index in [9.17, 15) is 19.2 Å². The molecule has 5 amide bonds. The molecule has 188 valence electrons. The molecule has 0 bridgehead atoms. The second-order valence-electron chi connectivity index (χ2n) is 7.93. The first-order valence-corrected chi connectivity index (χ1v) is 11.9. The number of aryl methyl sites for hydroxylation is 1. The van der Waals surface area contributed by atoms with Crippen molar-refractivity contribution in [2.75, 3.05) is 16.8 Å². The van der Waals surface area contributed by atoms with E-state index >= 15 is 0 Å². The average Bonchev–Trinajstić information content (AvgIpc) is 2.85. The lowest BCUT2D eigenvalue weighted by atomic mass is 10.1. The molecule has 4 rings (SSSR count). The fraction of sp³-hybridized carbons (Fsp3) is 0.0769. The molecule has 3 aromatic carbocycles. The number of carbonyl (C=O) groups excluding carboxylic acids is 4. The zero-order chi connectivity index (χ0) is 26.7. The molecule has 3 aromatic rings. The lowest BCUT2D eigenvalue weighted by molar-refractivity contribution is -0.122. The van der Waals surface area contributed by atoms with Gasteiger partial charge in [-0.05, 0) is 66.6 Å². The molecule has 1 aliphatic heterocycles. The topological polar surface area (TPSA) is 105 Å². The number of nitrogens with zero attached hydrogens (tertiary/aromatic N) is 1. The Bertz CT molecular complexity index is 1450. The van der Waals surface area contributed by atoms with Crippen molar-refractivity contribution in [3.8, 4) is 5.75 Å². The van der Waals surface area contributed by atoms with Crippen LogP contribution >= 0.6 is 34.8 Å². The normalized spacial score (nSPS) is 14.5. The number of ether oxygens (including phenoxy) is 1. The smallest absolute Gasteiger partial charge is 0.335 e. The maximum atomic E-state index is 13.0. The summed E-state index contributed by atoms with van der Waals surface area (Å²) in [6.07, 6.45) is 1.34. The van der Waals surface area contributed by atoms with Crippen molar-refractivity contribution >= 4 is 76.0 Å². The van der Waals surface area contributed by atoms with Gasteiger partial charge in [-0.2, -0.15) is 0 Å². The Morgan fingerprint density at radius 1 is 0.946 bits per heavy atom. The van der Waals surface area contributed by atoms with Crippen molar-refractivity contribution in [2.24, 2.45) is 0 Å². The van der Waals surface area contributed by atoms with Crippen molar-refractivity contribution in [3.05, 3.63) is 92.4 Å². The van der Waals surface area contributed by atoms with Crippen LogP contribution in [0.4, 0.5) is 16.2 Å². The highest BCUT2D eigenvalue weighted by Gasteiger charge is 2.37. The van der Waals surface area contributed by atoms with Gasteiger partial charge in [0.2, 0.25) is 0 Å². The highest BCUT2D eigenvalue weighted by atomic mass is 35.5. The minimum Gasteiger partial charge on any atom is -0.484 e. The van der Waals surface area contributed by atoms with Crippen LogP contribution in [0.3, 0.4) is 0 Å². The van der Waals surface area contributed by atoms with E-state index in [4.69, 9.17) is 39.5 Å². The standard InChI is InChI=1S/C26H18Cl3N3O5/c1-14-2-5-16(11-21(14)28)30-23(33)13-37-18-7-3-15(4-8-18)10-19-24(34)31-26(36)32(25(19)35)17-6-9-20(27)22(29)12-17/h2-12H,13H2,1H3,(H,30,33)(H,31,34,36)/b19-10-. The number of benzene rings is 3. The first-order valence-electron chi connectivity index (χ1n) is 10.8. The maximum Gasteiger partial charge on any atom is 0.335 e. The molecule has 1 saturated heterocycles. The minimum atomic E-state index is -0.902. The number of imide groups is 2. The number of hydrogen-bond donors (Lipinski definition) is 2. The largest absolute Gasteiger partial charge is 0.484 e. The highest BCUT2D eigenvalue weighted by molar-refractivity contribution is 6.43. The number of urea groups is 1. The molecule has 8 nitrogen and oxygen atoms in total. The molecule has 0 spiro atoms. The molecule has 0 unspecified atom stereocenters. The van der Waals surface area contributed by atoms with E-state index in [-0.39, 0.29) is 33.8 Å². The molecule has 1 heterocycles. The quantitative estimate of drug-likeness (QED) is 0.301. The second-order valence-corrected chi connectivity index (χ2v) is 9.15. The molecule has 0 saturated carbocycles. The van der Waals surface area contributed by atoms with Crippen molar-refractivity contribution < 1.29 is 23.9 Å². The second kappa shape index (κ2) is 11.0. The lowest BCUT2D eigenvalue weighted by Gasteiger charge is -2.26. The van der Waals surface area contributed by atoms with Gasteiger partial charge in [-0.3, -0.25) is 19.7 Å². The Morgan fingerprint density at radius 2 is 1.68 bits per heavy atom. The van der Waals surface area contributed by atoms with Crippen LogP contribution < -0.4 is 20.3 Å². The predicted molar refractivity (Wildman–Crippen MR) is 142 cm³/mol. The molecule has 0 aromatic heterocycles. The molecule has 0 radical (unpaired) electrons. The number of amides is 5. The number of carbonyl (C=O) groups is 4. The molecule has 1 aliphatic rings. The van der Waals surface area contributed by atoms with Crippen molar-refractivity contribution in [3.63, 3.8) is 0 Å². The molecular formula is C26H18Cl3N3O5. The molecule has 2 N–H and O–H groups in total. The molecule has 0 aliphatic carbocycles. The number of rotatable bonds is 6. The van der Waals surface area contributed by atoms with E-state index in [0.29, 0.717) is 22.0 Å². The summed E-state index contributed by atoms with van der Waals surface area (Å²) < 4.78 is 5.50. The number of nitrogens with one attached hydrogen (secondary N) is 2. The zero-order valence-electron chi connectivity index (χ0n) is 19.2. The zero-order valence-corrected chi connectivity index (χ0v) is 21.4. The molecule has 11 heteroatoms. The van der Waals surface area contributed by atoms with Gasteiger partial charge >= 0.3 is 6.03 Å². The number of hydrogen-bond acceptors (Lipinski definition) is 5. The lowest BCUT2D eigenvalue weighted by Crippen LogP contribution is -2.54. The Kier molecular flexibility index (Phi) is 7.83. The summed E-state index contributed by atoms with van der Waals surface area (Å²) in [5, 5.41) is 5.77. The van der Waals surface area contributed by atoms with Gasteiger partial charge in [0.25, 0.3) is 17.7 Å². The Labute approximate surface area is 226 Å². The maximum absolute atomic E-state index is 13.0. The van der Waals surface area contributed by atoms with Crippen LogP contribution in [0.2, 0.25) is 15.1 Å². The van der Waals surface area contributed by atoms with Gasteiger partial charge in [0, 0.05) is 10.7 Å². The third-order valence-corrected chi connectivity index (χ3v) is 6.43. The Balaban J connectivity index is 1.43. The predicted octanol–water partition coefficient (Wildman–Crippen LogP) is 5.64. The Hall–Kier alpha value is -3.85. The number of halogens is 3. The van der Waals surface area contributed by atoms with E-state index < -0.39 is 17.8 Å². The van der Waals surface area contributed by atoms with Crippen molar-refractivity contribution in [2.45, 2.75) is 6.92 Å². The van der Waals surface area contributed by atoms with Crippen LogP contribution in [-0.4, -0.2) is 30.4 Å². The van der Waals surface area contributed by atoms with Gasteiger partial charge in [-0.1, -0.05) is 53.0 Å². The fourth-order valence-corrected chi connectivity index (χ4v) is 3.83. The van der Waals surface area contributed by atoms with Crippen molar-refractivity contribution in [1.82, 2.24) is 5.32 Å². The minimum absolute atomic E-state index is 0.147. The van der Waals surface area contributed by atoms with Crippen LogP contribution in [0, 0.1) is 6.92 Å². The van der Waals surface area contributed by atoms with E-state index in [1.54, 1.807) is 42.5 Å². The van der Waals surface area contributed by atoms with E-state index in [0.717, 1.165) is 10.5 Å². The van der Waals surface area contributed by atoms with Crippen LogP contribution in [0.25, 0.3) is 6.08 Å². The van der Waals surface area contributed by atoms with Gasteiger partial charge in [0.15, 0.2) is 6.61 Å². The fourth-order valence-electron chi connectivity index (χ4n) is 3.36. The van der Waals surface area contributed by atoms with Crippen LogP contribution in [0.15, 0.2) is 66.2 Å². The SMILES string of the molecule is Cc1ccc(NC(=O)COc2ccc(/C=C3/C(=O)NC(=O)N(c4ccc(Cl)c(Cl)c4)C3=O)cc2)cc1Cl. The summed E-state index contributed by atoms with van der Waals surface area (Å²) in [6, 6.07) is 14.9. The average molecular weight is 559 g/mol. The molecular weight excluding hydrogens is 541 g/mol. The molecule has 1 fully saturated rings.